The summed E-state index contributed by atoms with van der Waals surface area (Å²) in [6.07, 6.45) is 8.74. The topological polar surface area (TPSA) is 52.3 Å². The van der Waals surface area contributed by atoms with E-state index in [1.54, 1.807) is 11.3 Å². The zero-order chi connectivity index (χ0) is 23.7. The normalized spacial score (nSPS) is 27.1. The number of carbonyl (C=O) groups excluding carboxylic acids is 1. The number of ether oxygens (including phenoxy) is 1. The van der Waals surface area contributed by atoms with Crippen LogP contribution in [0.2, 0.25) is 0 Å². The summed E-state index contributed by atoms with van der Waals surface area (Å²) in [5, 5.41) is 6.52. The highest BCUT2D eigenvalue weighted by Crippen LogP contribution is 2.44. The highest BCUT2D eigenvalue weighted by molar-refractivity contribution is 7.10. The number of esters is 1. The first-order chi connectivity index (χ1) is 17.2. The number of piperidine rings is 3. The molecule has 36 heavy (non-hydrogen) atoms. The van der Waals surface area contributed by atoms with Crippen LogP contribution < -0.4 is 12.4 Å². The molecule has 2 aromatic heterocycles. The number of nitrogens with zero attached hydrogens (tertiary/aromatic N) is 2. The Balaban J connectivity index is 0.00000267. The van der Waals surface area contributed by atoms with Crippen LogP contribution in [0.4, 0.5) is 0 Å². The predicted molar refractivity (Wildman–Crippen MR) is 137 cm³/mol. The summed E-state index contributed by atoms with van der Waals surface area (Å²) in [7, 11) is 0. The molecule has 1 aliphatic carbocycles. The van der Waals surface area contributed by atoms with Crippen LogP contribution in [0, 0.1) is 5.92 Å². The molecule has 0 spiro atoms. The van der Waals surface area contributed by atoms with Crippen molar-refractivity contribution in [3.63, 3.8) is 0 Å². The van der Waals surface area contributed by atoms with Crippen LogP contribution in [-0.2, 0) is 21.5 Å². The lowest BCUT2D eigenvalue weighted by Gasteiger charge is -2.52. The molecule has 0 radical (unpaired) electrons. The summed E-state index contributed by atoms with van der Waals surface area (Å²) in [6.45, 7) is 3.99. The van der Waals surface area contributed by atoms with Gasteiger partial charge in [0.1, 0.15) is 24.2 Å². The quantitative estimate of drug-likeness (QED) is 0.281. The first-order valence-electron chi connectivity index (χ1n) is 13.3. The van der Waals surface area contributed by atoms with Crippen LogP contribution in [0.25, 0.3) is 11.3 Å². The van der Waals surface area contributed by atoms with Crippen LogP contribution in [0.15, 0.2) is 58.4 Å². The number of aromatic nitrogens is 1. The molecule has 3 saturated heterocycles. The highest BCUT2D eigenvalue weighted by Gasteiger charge is 2.51. The largest absolute Gasteiger partial charge is 1.00 e. The minimum Gasteiger partial charge on any atom is -1.00 e. The number of fused-ring (bicyclic) bond motifs is 3. The van der Waals surface area contributed by atoms with Crippen molar-refractivity contribution >= 4 is 17.3 Å². The van der Waals surface area contributed by atoms with E-state index >= 15 is 0 Å². The molecule has 5 nitrogen and oxygen atoms in total. The fourth-order valence-corrected chi connectivity index (χ4v) is 7.70. The van der Waals surface area contributed by atoms with Crippen LogP contribution in [0.3, 0.4) is 0 Å². The van der Waals surface area contributed by atoms with E-state index in [1.165, 1.54) is 17.7 Å². The van der Waals surface area contributed by atoms with E-state index in [9.17, 15) is 4.79 Å². The van der Waals surface area contributed by atoms with Gasteiger partial charge < -0.3 is 26.2 Å². The van der Waals surface area contributed by atoms with E-state index in [4.69, 9.17) is 9.26 Å². The number of benzene rings is 1. The van der Waals surface area contributed by atoms with E-state index in [-0.39, 0.29) is 24.5 Å². The second-order valence-corrected chi connectivity index (χ2v) is 11.9. The Bertz CT molecular complexity index is 1130. The van der Waals surface area contributed by atoms with Gasteiger partial charge in [-0.25, -0.2) is 0 Å². The molecule has 3 aliphatic heterocycles. The van der Waals surface area contributed by atoms with E-state index in [0.717, 1.165) is 86.2 Å². The van der Waals surface area contributed by atoms with E-state index in [2.05, 4.69) is 40.9 Å². The van der Waals surface area contributed by atoms with Crippen LogP contribution in [0.1, 0.15) is 61.9 Å². The summed E-state index contributed by atoms with van der Waals surface area (Å²) in [4.78, 5) is 15.1. The molecule has 4 aliphatic rings. The molecule has 1 saturated carbocycles. The summed E-state index contributed by atoms with van der Waals surface area (Å²) in [6, 6.07) is 16.5. The first kappa shape index (κ1) is 25.5. The number of hydrogen-bond acceptors (Lipinski definition) is 5. The van der Waals surface area contributed by atoms with Gasteiger partial charge in [-0.3, -0.25) is 4.79 Å². The monoisotopic (exact) mass is 526 g/mol. The van der Waals surface area contributed by atoms with Crippen molar-refractivity contribution in [2.75, 3.05) is 19.6 Å². The van der Waals surface area contributed by atoms with Crippen molar-refractivity contribution in [3.05, 3.63) is 64.5 Å². The van der Waals surface area contributed by atoms with Gasteiger partial charge in [0, 0.05) is 35.3 Å². The minimum atomic E-state index is -0.446. The molecule has 7 rings (SSSR count). The van der Waals surface area contributed by atoms with Crippen molar-refractivity contribution < 1.29 is 30.9 Å². The number of carbonyl (C=O) groups is 1. The molecule has 7 heteroatoms. The SMILES string of the molecule is O=C(O[C@H]1C[N+]2(Cc3cc(-c4ccccc4)on3)CCC1CC2)C1(c2cccs2)CCCCCC1.[Cl-]. The average molecular weight is 527 g/mol. The molecule has 4 fully saturated rings. The van der Waals surface area contributed by atoms with Gasteiger partial charge in [0.25, 0.3) is 0 Å². The van der Waals surface area contributed by atoms with Crippen LogP contribution >= 0.6 is 11.3 Å². The molecule has 1 atom stereocenters. The van der Waals surface area contributed by atoms with Crippen LogP contribution in [0.5, 0.6) is 0 Å². The Kier molecular flexibility index (Phi) is 7.57. The van der Waals surface area contributed by atoms with E-state index in [0.29, 0.717) is 5.92 Å². The summed E-state index contributed by atoms with van der Waals surface area (Å²) in [5.74, 6) is 1.34. The molecule has 3 aromatic rings. The van der Waals surface area contributed by atoms with Gasteiger partial charge in [-0.2, -0.15) is 0 Å². The van der Waals surface area contributed by atoms with Gasteiger partial charge in [0.05, 0.1) is 13.1 Å². The van der Waals surface area contributed by atoms with Crippen molar-refractivity contribution in [1.82, 2.24) is 5.16 Å². The molecule has 2 bridgehead atoms. The molecular weight excluding hydrogens is 492 g/mol. The Morgan fingerprint density at radius 1 is 1.06 bits per heavy atom. The third-order valence-corrected chi connectivity index (χ3v) is 9.83. The zero-order valence-corrected chi connectivity index (χ0v) is 22.3. The Labute approximate surface area is 223 Å². The maximum Gasteiger partial charge on any atom is 0.317 e. The smallest absolute Gasteiger partial charge is 0.317 e. The van der Waals surface area contributed by atoms with Gasteiger partial charge in [-0.05, 0) is 24.3 Å². The molecule has 5 heterocycles. The van der Waals surface area contributed by atoms with Gasteiger partial charge in [0.2, 0.25) is 0 Å². The fourth-order valence-electron chi connectivity index (χ4n) is 6.73. The Morgan fingerprint density at radius 2 is 1.81 bits per heavy atom. The fraction of sp³-hybridized carbons (Fsp3) is 0.517. The number of thiophene rings is 1. The van der Waals surface area contributed by atoms with Crippen LogP contribution in [-0.4, -0.2) is 41.3 Å². The predicted octanol–water partition coefficient (Wildman–Crippen LogP) is 3.35. The molecule has 0 N–H and O–H groups in total. The standard InChI is InChI=1S/C29H35N2O3S.ClH/c32-28(29(27-11-8-18-35-27)14-6-1-2-7-15-29)33-26-21-31(16-12-23(26)13-17-31)20-24-19-25(34-30-24)22-9-4-3-5-10-22;/h3-5,8-11,18-19,23,26H,1-2,6-7,12-17,20-21H2;1H/q+1;/p-1/t23?,26-,31?;/m0./s1. The third-order valence-electron chi connectivity index (χ3n) is 8.76. The third kappa shape index (κ3) is 4.88. The Hall–Kier alpha value is -2.15. The van der Waals surface area contributed by atoms with Gasteiger partial charge in [-0.15, -0.1) is 11.3 Å². The van der Waals surface area contributed by atoms with Crippen molar-refractivity contribution in [3.8, 4) is 11.3 Å². The van der Waals surface area contributed by atoms with Crippen molar-refractivity contribution in [2.24, 2.45) is 5.92 Å². The lowest BCUT2D eigenvalue weighted by atomic mass is 9.78. The maximum atomic E-state index is 13.9. The summed E-state index contributed by atoms with van der Waals surface area (Å²) in [5.41, 5.74) is 1.60. The van der Waals surface area contributed by atoms with Gasteiger partial charge >= 0.3 is 5.97 Å². The van der Waals surface area contributed by atoms with E-state index in [1.807, 2.05) is 18.2 Å². The number of rotatable bonds is 6. The maximum absolute atomic E-state index is 13.9. The Morgan fingerprint density at radius 3 is 2.50 bits per heavy atom. The summed E-state index contributed by atoms with van der Waals surface area (Å²) >= 11 is 1.72. The minimum absolute atomic E-state index is 0. The summed E-state index contributed by atoms with van der Waals surface area (Å²) < 4.78 is 13.1. The van der Waals surface area contributed by atoms with Crippen molar-refractivity contribution in [1.29, 1.82) is 0 Å². The second-order valence-electron chi connectivity index (χ2n) is 10.9. The first-order valence-corrected chi connectivity index (χ1v) is 14.2. The lowest BCUT2D eigenvalue weighted by molar-refractivity contribution is -0.958. The molecule has 0 unspecified atom stereocenters. The lowest BCUT2D eigenvalue weighted by Crippen LogP contribution is -3.00. The molecule has 192 valence electrons. The van der Waals surface area contributed by atoms with Gasteiger partial charge in [0.15, 0.2) is 11.9 Å². The zero-order valence-electron chi connectivity index (χ0n) is 20.7. The molecule has 1 aromatic carbocycles. The number of quaternary nitrogens is 1. The number of hydrogen-bond donors (Lipinski definition) is 0. The van der Waals surface area contributed by atoms with Crippen molar-refractivity contribution in [2.45, 2.75) is 69.4 Å². The van der Waals surface area contributed by atoms with Gasteiger partial charge in [-0.1, -0.05) is 67.2 Å². The molecular formula is C29H35ClN2O3S. The highest BCUT2D eigenvalue weighted by atomic mass is 35.5. The average Bonchev–Trinajstić information content (AvgIpc) is 3.53. The van der Waals surface area contributed by atoms with E-state index < -0.39 is 5.41 Å². The number of halogens is 1. The molecule has 0 amide bonds. The second kappa shape index (κ2) is 10.7.